The number of benzene rings is 1. The maximum Gasteiger partial charge on any atom is 0.243 e. The van der Waals surface area contributed by atoms with Crippen LogP contribution in [-0.4, -0.2) is 25.8 Å². The third-order valence-electron chi connectivity index (χ3n) is 3.18. The van der Waals surface area contributed by atoms with E-state index in [2.05, 4.69) is 0 Å². The van der Waals surface area contributed by atoms with Crippen molar-refractivity contribution in [2.75, 3.05) is 13.1 Å². The van der Waals surface area contributed by atoms with E-state index in [1.807, 2.05) is 26.8 Å². The number of hydrogen-bond donors (Lipinski definition) is 1. The van der Waals surface area contributed by atoms with Crippen LogP contribution in [0.3, 0.4) is 0 Å². The zero-order valence-corrected chi connectivity index (χ0v) is 12.8. The smallest absolute Gasteiger partial charge is 0.243 e. The lowest BCUT2D eigenvalue weighted by atomic mass is 10.1. The lowest BCUT2D eigenvalue weighted by Gasteiger charge is -2.22. The number of nitrogens with two attached hydrogens (primary N) is 1. The Hall–Kier alpha value is -0.910. The van der Waals surface area contributed by atoms with Crippen molar-refractivity contribution in [3.05, 3.63) is 29.3 Å². The molecule has 1 rings (SSSR count). The summed E-state index contributed by atoms with van der Waals surface area (Å²) in [5.74, 6) is 0. The summed E-state index contributed by atoms with van der Waals surface area (Å²) in [5, 5.41) is 0. The van der Waals surface area contributed by atoms with E-state index in [4.69, 9.17) is 5.73 Å². The Labute approximate surface area is 116 Å². The van der Waals surface area contributed by atoms with Crippen LogP contribution < -0.4 is 5.73 Å². The summed E-state index contributed by atoms with van der Waals surface area (Å²) in [5.41, 5.74) is 7.30. The van der Waals surface area contributed by atoms with Gasteiger partial charge >= 0.3 is 0 Å². The molecule has 2 N–H and O–H groups in total. The molecule has 0 bridgehead atoms. The van der Waals surface area contributed by atoms with E-state index >= 15 is 0 Å². The van der Waals surface area contributed by atoms with E-state index in [-0.39, 0.29) is 0 Å². The molecule has 0 radical (unpaired) electrons. The Morgan fingerprint density at radius 1 is 1.16 bits per heavy atom. The summed E-state index contributed by atoms with van der Waals surface area (Å²) in [4.78, 5) is 0.386. The van der Waals surface area contributed by atoms with Gasteiger partial charge in [-0.1, -0.05) is 26.0 Å². The Kier molecular flexibility index (Phi) is 5.97. The van der Waals surface area contributed by atoms with Gasteiger partial charge in [-0.2, -0.15) is 4.31 Å². The largest absolute Gasteiger partial charge is 0.326 e. The van der Waals surface area contributed by atoms with E-state index in [0.29, 0.717) is 24.5 Å². The first-order valence-electron chi connectivity index (χ1n) is 6.77. The van der Waals surface area contributed by atoms with Gasteiger partial charge < -0.3 is 5.73 Å². The van der Waals surface area contributed by atoms with Gasteiger partial charge in [-0.05, 0) is 37.0 Å². The highest BCUT2D eigenvalue weighted by Gasteiger charge is 2.25. The second-order valence-corrected chi connectivity index (χ2v) is 6.55. The van der Waals surface area contributed by atoms with Gasteiger partial charge in [0.1, 0.15) is 0 Å². The second-order valence-electron chi connectivity index (χ2n) is 4.65. The number of rotatable bonds is 7. The van der Waals surface area contributed by atoms with Crippen molar-refractivity contribution in [3.8, 4) is 0 Å². The Morgan fingerprint density at radius 3 is 2.21 bits per heavy atom. The van der Waals surface area contributed by atoms with Crippen molar-refractivity contribution in [2.24, 2.45) is 5.73 Å². The fourth-order valence-corrected chi connectivity index (χ4v) is 4.04. The molecule has 4 nitrogen and oxygen atoms in total. The van der Waals surface area contributed by atoms with Crippen LogP contribution in [0.4, 0.5) is 0 Å². The maximum absolute atomic E-state index is 12.7. The fraction of sp³-hybridized carbons (Fsp3) is 0.571. The molecule has 0 heterocycles. The summed E-state index contributed by atoms with van der Waals surface area (Å²) >= 11 is 0. The summed E-state index contributed by atoms with van der Waals surface area (Å²) in [6, 6.07) is 5.30. The molecular weight excluding hydrogens is 260 g/mol. The van der Waals surface area contributed by atoms with Gasteiger partial charge in [0, 0.05) is 19.6 Å². The van der Waals surface area contributed by atoms with Crippen LogP contribution in [0.1, 0.15) is 37.8 Å². The molecule has 19 heavy (non-hydrogen) atoms. The lowest BCUT2D eigenvalue weighted by molar-refractivity contribution is 0.409. The Balaban J connectivity index is 3.25. The van der Waals surface area contributed by atoms with Gasteiger partial charge in [0.25, 0.3) is 0 Å². The van der Waals surface area contributed by atoms with Gasteiger partial charge in [-0.3, -0.25) is 0 Å². The van der Waals surface area contributed by atoms with Crippen LogP contribution in [0.25, 0.3) is 0 Å². The Bertz CT molecular complexity index is 506. The molecule has 0 atom stereocenters. The molecule has 0 aliphatic carbocycles. The van der Waals surface area contributed by atoms with Gasteiger partial charge in [0.2, 0.25) is 10.0 Å². The number of sulfonamides is 1. The maximum atomic E-state index is 12.7. The molecule has 0 aliphatic heterocycles. The van der Waals surface area contributed by atoms with Crippen LogP contribution in [0.2, 0.25) is 0 Å². The summed E-state index contributed by atoms with van der Waals surface area (Å²) in [7, 11) is -3.41. The molecule has 0 amide bonds. The molecule has 108 valence electrons. The minimum Gasteiger partial charge on any atom is -0.326 e. The highest BCUT2D eigenvalue weighted by Crippen LogP contribution is 2.22. The molecule has 0 aliphatic rings. The first kappa shape index (κ1) is 16.1. The molecule has 5 heteroatoms. The first-order valence-corrected chi connectivity index (χ1v) is 8.21. The van der Waals surface area contributed by atoms with Crippen LogP contribution >= 0.6 is 0 Å². The Morgan fingerprint density at radius 2 is 1.74 bits per heavy atom. The SMILES string of the molecule is CCCN(CCC)S(=O)(=O)c1cccc(CN)c1C. The van der Waals surface area contributed by atoms with Crippen LogP contribution in [-0.2, 0) is 16.6 Å². The molecule has 0 spiro atoms. The third-order valence-corrected chi connectivity index (χ3v) is 5.22. The molecule has 0 saturated carbocycles. The fourth-order valence-electron chi connectivity index (χ4n) is 2.15. The van der Waals surface area contributed by atoms with Crippen molar-refractivity contribution in [3.63, 3.8) is 0 Å². The van der Waals surface area contributed by atoms with E-state index in [9.17, 15) is 8.42 Å². The first-order chi connectivity index (χ1) is 8.98. The summed E-state index contributed by atoms with van der Waals surface area (Å²) < 4.78 is 26.9. The van der Waals surface area contributed by atoms with E-state index in [1.165, 1.54) is 0 Å². The van der Waals surface area contributed by atoms with Gasteiger partial charge in [-0.15, -0.1) is 0 Å². The summed E-state index contributed by atoms with van der Waals surface area (Å²) in [6.45, 7) is 7.27. The quantitative estimate of drug-likeness (QED) is 0.835. The predicted octanol–water partition coefficient (Wildman–Crippen LogP) is 2.26. The topological polar surface area (TPSA) is 63.4 Å². The van der Waals surface area contributed by atoms with E-state index in [0.717, 1.165) is 24.0 Å². The highest BCUT2D eigenvalue weighted by atomic mass is 32.2. The normalized spacial score (nSPS) is 12.1. The van der Waals surface area contributed by atoms with Crippen LogP contribution in [0, 0.1) is 6.92 Å². The van der Waals surface area contributed by atoms with Gasteiger partial charge in [0.05, 0.1) is 4.90 Å². The van der Waals surface area contributed by atoms with E-state index in [1.54, 1.807) is 16.4 Å². The minimum atomic E-state index is -3.41. The zero-order valence-electron chi connectivity index (χ0n) is 12.0. The average Bonchev–Trinajstić information content (AvgIpc) is 2.38. The second kappa shape index (κ2) is 7.03. The van der Waals surface area contributed by atoms with Crippen molar-refractivity contribution in [1.82, 2.24) is 4.31 Å². The number of nitrogens with zero attached hydrogens (tertiary/aromatic N) is 1. The molecule has 0 saturated heterocycles. The van der Waals surface area contributed by atoms with Crippen molar-refractivity contribution < 1.29 is 8.42 Å². The van der Waals surface area contributed by atoms with Crippen LogP contribution in [0.15, 0.2) is 23.1 Å². The van der Waals surface area contributed by atoms with Crippen LogP contribution in [0.5, 0.6) is 0 Å². The molecule has 0 unspecified atom stereocenters. The molecule has 1 aromatic rings. The molecular formula is C14H24N2O2S. The van der Waals surface area contributed by atoms with Crippen molar-refractivity contribution >= 4 is 10.0 Å². The molecule has 0 fully saturated rings. The van der Waals surface area contributed by atoms with E-state index < -0.39 is 10.0 Å². The predicted molar refractivity (Wildman–Crippen MR) is 78.4 cm³/mol. The van der Waals surface area contributed by atoms with Crippen molar-refractivity contribution in [2.45, 2.75) is 45.1 Å². The minimum absolute atomic E-state index is 0.358. The molecule has 1 aromatic carbocycles. The average molecular weight is 284 g/mol. The standard InChI is InChI=1S/C14H24N2O2S/c1-4-9-16(10-5-2)19(17,18)14-8-6-7-13(11-15)12(14)3/h6-8H,4-5,9-11,15H2,1-3H3. The third kappa shape index (κ3) is 3.55. The lowest BCUT2D eigenvalue weighted by Crippen LogP contribution is -2.33. The van der Waals surface area contributed by atoms with Gasteiger partial charge in [0.15, 0.2) is 0 Å². The highest BCUT2D eigenvalue weighted by molar-refractivity contribution is 7.89. The van der Waals surface area contributed by atoms with Gasteiger partial charge in [-0.25, -0.2) is 8.42 Å². The number of hydrogen-bond acceptors (Lipinski definition) is 3. The monoisotopic (exact) mass is 284 g/mol. The summed E-state index contributed by atoms with van der Waals surface area (Å²) in [6.07, 6.45) is 1.63. The molecule has 0 aromatic heterocycles. The van der Waals surface area contributed by atoms with Crippen molar-refractivity contribution in [1.29, 1.82) is 0 Å². The zero-order chi connectivity index (χ0) is 14.5.